The number of hydrogen-bond donors (Lipinski definition) is 1. The third-order valence-electron chi connectivity index (χ3n) is 2.97. The maximum absolute atomic E-state index is 12.2. The van der Waals surface area contributed by atoms with E-state index in [4.69, 9.17) is 0 Å². The van der Waals surface area contributed by atoms with Gasteiger partial charge in [0.25, 0.3) is 0 Å². The number of nitrogens with zero attached hydrogens (tertiary/aromatic N) is 1. The quantitative estimate of drug-likeness (QED) is 0.872. The molecule has 0 spiro atoms. The third-order valence-corrected chi connectivity index (χ3v) is 3.74. The van der Waals surface area contributed by atoms with Crippen molar-refractivity contribution >= 4 is 21.8 Å². The summed E-state index contributed by atoms with van der Waals surface area (Å²) in [5, 5.41) is 9.45. The number of carbonyl (C=O) groups excluding carboxylic acids is 1. The van der Waals surface area contributed by atoms with Crippen molar-refractivity contribution in [2.75, 3.05) is 6.54 Å². The standard InChI is InChI=1S/C15H22BrNO2/c1-11(2)17(10-12(3)18)15(19)9-8-13-6-4-5-7-14(13)16/h4-7,11-12,18H,8-10H2,1-3H3. The highest BCUT2D eigenvalue weighted by molar-refractivity contribution is 9.10. The van der Waals surface area contributed by atoms with Gasteiger partial charge in [0.05, 0.1) is 6.10 Å². The van der Waals surface area contributed by atoms with Gasteiger partial charge in [-0.3, -0.25) is 4.79 Å². The molecule has 0 bridgehead atoms. The predicted molar refractivity (Wildman–Crippen MR) is 81.0 cm³/mol. The van der Waals surface area contributed by atoms with Crippen LogP contribution in [0.3, 0.4) is 0 Å². The molecule has 0 radical (unpaired) electrons. The smallest absolute Gasteiger partial charge is 0.223 e. The molecular formula is C15H22BrNO2. The van der Waals surface area contributed by atoms with Crippen molar-refractivity contribution in [2.45, 2.75) is 45.8 Å². The van der Waals surface area contributed by atoms with Crippen molar-refractivity contribution in [2.24, 2.45) is 0 Å². The number of amides is 1. The highest BCUT2D eigenvalue weighted by atomic mass is 79.9. The fourth-order valence-electron chi connectivity index (χ4n) is 1.97. The lowest BCUT2D eigenvalue weighted by molar-refractivity contribution is -0.134. The molecule has 1 aromatic rings. The molecule has 106 valence electrons. The lowest BCUT2D eigenvalue weighted by atomic mass is 10.1. The van der Waals surface area contributed by atoms with Gasteiger partial charge in [0, 0.05) is 23.5 Å². The normalized spacial score (nSPS) is 12.5. The van der Waals surface area contributed by atoms with E-state index in [0.29, 0.717) is 19.4 Å². The summed E-state index contributed by atoms with van der Waals surface area (Å²) in [7, 11) is 0. The summed E-state index contributed by atoms with van der Waals surface area (Å²) < 4.78 is 1.04. The van der Waals surface area contributed by atoms with Crippen LogP contribution in [-0.2, 0) is 11.2 Å². The first-order chi connectivity index (χ1) is 8.91. The number of aryl methyl sites for hydroxylation is 1. The van der Waals surface area contributed by atoms with Crippen LogP contribution in [0.2, 0.25) is 0 Å². The third kappa shape index (κ3) is 5.33. The monoisotopic (exact) mass is 327 g/mol. The minimum atomic E-state index is -0.491. The Morgan fingerprint density at radius 1 is 1.32 bits per heavy atom. The zero-order valence-corrected chi connectivity index (χ0v) is 13.4. The van der Waals surface area contributed by atoms with Crippen LogP contribution in [-0.4, -0.2) is 34.6 Å². The van der Waals surface area contributed by atoms with Crippen LogP contribution in [0.25, 0.3) is 0 Å². The number of benzene rings is 1. The molecule has 0 heterocycles. The summed E-state index contributed by atoms with van der Waals surface area (Å²) in [6.07, 6.45) is 0.686. The van der Waals surface area contributed by atoms with Gasteiger partial charge in [-0.15, -0.1) is 0 Å². The highest BCUT2D eigenvalue weighted by Crippen LogP contribution is 2.18. The second-order valence-corrected chi connectivity index (χ2v) is 5.93. The fourth-order valence-corrected chi connectivity index (χ4v) is 2.45. The number of carbonyl (C=O) groups is 1. The first-order valence-electron chi connectivity index (χ1n) is 6.62. The van der Waals surface area contributed by atoms with Crippen LogP contribution in [0.15, 0.2) is 28.7 Å². The van der Waals surface area contributed by atoms with Crippen LogP contribution < -0.4 is 0 Å². The summed E-state index contributed by atoms with van der Waals surface area (Å²) in [6, 6.07) is 8.05. The Balaban J connectivity index is 2.60. The van der Waals surface area contributed by atoms with Crippen LogP contribution in [0.5, 0.6) is 0 Å². The topological polar surface area (TPSA) is 40.5 Å². The number of rotatable bonds is 6. The molecule has 0 aliphatic carbocycles. The Kier molecular flexibility index (Phi) is 6.52. The number of aliphatic hydroxyl groups is 1. The number of halogens is 1. The number of aliphatic hydroxyl groups excluding tert-OH is 1. The van der Waals surface area contributed by atoms with Gasteiger partial charge >= 0.3 is 0 Å². The van der Waals surface area contributed by atoms with Gasteiger partial charge in [0.15, 0.2) is 0 Å². The zero-order valence-electron chi connectivity index (χ0n) is 11.8. The summed E-state index contributed by atoms with van der Waals surface area (Å²) in [5.74, 6) is 0.0895. The van der Waals surface area contributed by atoms with Gasteiger partial charge < -0.3 is 10.0 Å². The van der Waals surface area contributed by atoms with Crippen molar-refractivity contribution < 1.29 is 9.90 Å². The van der Waals surface area contributed by atoms with Gasteiger partial charge in [0.2, 0.25) is 5.91 Å². The van der Waals surface area contributed by atoms with Gasteiger partial charge in [-0.05, 0) is 38.8 Å². The minimum absolute atomic E-state index is 0.0895. The zero-order chi connectivity index (χ0) is 14.4. The maximum atomic E-state index is 12.2. The van der Waals surface area contributed by atoms with Gasteiger partial charge in [-0.2, -0.15) is 0 Å². The molecule has 0 saturated heterocycles. The minimum Gasteiger partial charge on any atom is -0.392 e. The summed E-state index contributed by atoms with van der Waals surface area (Å²) in [5.41, 5.74) is 1.14. The van der Waals surface area contributed by atoms with Crippen molar-refractivity contribution in [1.29, 1.82) is 0 Å². The summed E-state index contributed by atoms with van der Waals surface area (Å²) >= 11 is 3.49. The van der Waals surface area contributed by atoms with Gasteiger partial charge in [-0.1, -0.05) is 34.1 Å². The molecule has 0 aliphatic rings. The molecule has 19 heavy (non-hydrogen) atoms. The Morgan fingerprint density at radius 3 is 2.47 bits per heavy atom. The van der Waals surface area contributed by atoms with Gasteiger partial charge in [-0.25, -0.2) is 0 Å². The molecular weight excluding hydrogens is 306 g/mol. The van der Waals surface area contributed by atoms with E-state index in [1.165, 1.54) is 0 Å². The van der Waals surface area contributed by atoms with Crippen molar-refractivity contribution in [3.05, 3.63) is 34.3 Å². The van der Waals surface area contributed by atoms with E-state index in [-0.39, 0.29) is 11.9 Å². The van der Waals surface area contributed by atoms with Crippen LogP contribution in [0.4, 0.5) is 0 Å². The lowest BCUT2D eigenvalue weighted by Gasteiger charge is -2.28. The molecule has 3 nitrogen and oxygen atoms in total. The van der Waals surface area contributed by atoms with E-state index >= 15 is 0 Å². The SMILES string of the molecule is CC(O)CN(C(=O)CCc1ccccc1Br)C(C)C. The summed E-state index contributed by atoms with van der Waals surface area (Å²) in [6.45, 7) is 6.04. The van der Waals surface area contributed by atoms with Gasteiger partial charge in [0.1, 0.15) is 0 Å². The van der Waals surface area contributed by atoms with Crippen LogP contribution >= 0.6 is 15.9 Å². The van der Waals surface area contributed by atoms with Crippen LogP contribution in [0, 0.1) is 0 Å². The van der Waals surface area contributed by atoms with E-state index in [1.807, 2.05) is 38.1 Å². The highest BCUT2D eigenvalue weighted by Gasteiger charge is 2.18. The van der Waals surface area contributed by atoms with Crippen LogP contribution in [0.1, 0.15) is 32.8 Å². The molecule has 0 aliphatic heterocycles. The van der Waals surface area contributed by atoms with Crippen molar-refractivity contribution in [3.8, 4) is 0 Å². The lowest BCUT2D eigenvalue weighted by Crippen LogP contribution is -2.41. The van der Waals surface area contributed by atoms with E-state index in [0.717, 1.165) is 10.0 Å². The summed E-state index contributed by atoms with van der Waals surface area (Å²) in [4.78, 5) is 13.9. The average Bonchev–Trinajstić information content (AvgIpc) is 2.34. The Bertz CT molecular complexity index is 418. The Morgan fingerprint density at radius 2 is 1.95 bits per heavy atom. The first kappa shape index (κ1) is 16.2. The molecule has 4 heteroatoms. The average molecular weight is 328 g/mol. The van der Waals surface area contributed by atoms with Crippen molar-refractivity contribution in [3.63, 3.8) is 0 Å². The van der Waals surface area contributed by atoms with Crippen molar-refractivity contribution in [1.82, 2.24) is 4.90 Å². The molecule has 1 amide bonds. The number of hydrogen-bond acceptors (Lipinski definition) is 2. The Labute approximate surface area is 123 Å². The van der Waals surface area contributed by atoms with E-state index in [9.17, 15) is 9.90 Å². The molecule has 1 atom stereocenters. The Hall–Kier alpha value is -0.870. The molecule has 1 unspecified atom stereocenters. The van der Waals surface area contributed by atoms with E-state index in [1.54, 1.807) is 11.8 Å². The molecule has 0 fully saturated rings. The van der Waals surface area contributed by atoms with E-state index < -0.39 is 6.10 Å². The molecule has 1 rings (SSSR count). The molecule has 0 aromatic heterocycles. The molecule has 0 saturated carbocycles. The largest absolute Gasteiger partial charge is 0.392 e. The fraction of sp³-hybridized carbons (Fsp3) is 0.533. The molecule has 1 N–H and O–H groups in total. The first-order valence-corrected chi connectivity index (χ1v) is 7.42. The maximum Gasteiger partial charge on any atom is 0.223 e. The second kappa shape index (κ2) is 7.65. The predicted octanol–water partition coefficient (Wildman–Crippen LogP) is 3.00. The van der Waals surface area contributed by atoms with E-state index in [2.05, 4.69) is 15.9 Å². The second-order valence-electron chi connectivity index (χ2n) is 5.08. The molecule has 1 aromatic carbocycles.